The van der Waals surface area contributed by atoms with Crippen LogP contribution >= 0.6 is 15.9 Å². The van der Waals surface area contributed by atoms with E-state index in [0.717, 1.165) is 27.8 Å². The highest BCUT2D eigenvalue weighted by atomic mass is 79.9. The fourth-order valence-electron chi connectivity index (χ4n) is 2.23. The van der Waals surface area contributed by atoms with Gasteiger partial charge in [0.1, 0.15) is 12.4 Å². The first-order chi connectivity index (χ1) is 10.2. The van der Waals surface area contributed by atoms with Crippen molar-refractivity contribution in [2.24, 2.45) is 5.73 Å². The van der Waals surface area contributed by atoms with Crippen molar-refractivity contribution in [1.29, 1.82) is 0 Å². The molecule has 0 aliphatic rings. The second kappa shape index (κ2) is 8.01. The van der Waals surface area contributed by atoms with Gasteiger partial charge >= 0.3 is 0 Å². The van der Waals surface area contributed by atoms with E-state index in [-0.39, 0.29) is 0 Å². The predicted octanol–water partition coefficient (Wildman–Crippen LogP) is 4.35. The molecule has 0 saturated carbocycles. The molecule has 0 amide bonds. The van der Waals surface area contributed by atoms with Crippen LogP contribution in [0.4, 0.5) is 0 Å². The molecule has 2 aromatic carbocycles. The molecule has 3 heteroatoms. The zero-order valence-electron chi connectivity index (χ0n) is 12.2. The summed E-state index contributed by atoms with van der Waals surface area (Å²) in [4.78, 5) is 0. The Morgan fingerprint density at radius 2 is 1.95 bits per heavy atom. The Labute approximate surface area is 134 Å². The summed E-state index contributed by atoms with van der Waals surface area (Å²) in [6.07, 6.45) is 4.91. The van der Waals surface area contributed by atoms with Gasteiger partial charge in [0.05, 0.1) is 0 Å². The maximum atomic E-state index is 5.93. The van der Waals surface area contributed by atoms with Crippen LogP contribution in [0, 0.1) is 6.92 Å². The molecule has 0 heterocycles. The number of hydrogen-bond acceptors (Lipinski definition) is 2. The Kier molecular flexibility index (Phi) is 6.03. The zero-order chi connectivity index (χ0) is 15.1. The van der Waals surface area contributed by atoms with E-state index < -0.39 is 0 Å². The maximum absolute atomic E-state index is 5.93. The molecule has 0 spiro atoms. The third kappa shape index (κ3) is 4.73. The van der Waals surface area contributed by atoms with Crippen LogP contribution in [-0.2, 0) is 6.42 Å². The van der Waals surface area contributed by atoms with Gasteiger partial charge in [-0.05, 0) is 54.8 Å². The van der Waals surface area contributed by atoms with Gasteiger partial charge in [0.2, 0.25) is 0 Å². The lowest BCUT2D eigenvalue weighted by molar-refractivity contribution is 0.357. The highest BCUT2D eigenvalue weighted by molar-refractivity contribution is 9.10. The standard InChI is InChI=1S/C18H20BrNO/c1-14-12-17(19)13-16(9-10-20)18(14)21-11-5-8-15-6-3-2-4-7-15/h2-8,12-13H,9-11,20H2,1H3/b8-5+. The van der Waals surface area contributed by atoms with Crippen molar-refractivity contribution in [3.05, 3.63) is 69.7 Å². The van der Waals surface area contributed by atoms with E-state index in [0.29, 0.717) is 13.2 Å². The van der Waals surface area contributed by atoms with Crippen LogP contribution in [0.3, 0.4) is 0 Å². The second-order valence-corrected chi connectivity index (χ2v) is 5.79. The fourth-order valence-corrected chi connectivity index (χ4v) is 2.85. The molecule has 0 aromatic heterocycles. The van der Waals surface area contributed by atoms with E-state index >= 15 is 0 Å². The van der Waals surface area contributed by atoms with Crippen LogP contribution < -0.4 is 10.5 Å². The lowest BCUT2D eigenvalue weighted by Gasteiger charge is -2.13. The summed E-state index contributed by atoms with van der Waals surface area (Å²) in [5, 5.41) is 0. The molecular formula is C18H20BrNO. The number of ether oxygens (including phenoxy) is 1. The minimum atomic E-state index is 0.551. The summed E-state index contributed by atoms with van der Waals surface area (Å²) in [7, 11) is 0. The molecule has 0 saturated heterocycles. The van der Waals surface area contributed by atoms with E-state index in [1.165, 1.54) is 5.56 Å². The molecule has 2 aromatic rings. The molecule has 0 atom stereocenters. The summed E-state index contributed by atoms with van der Waals surface area (Å²) >= 11 is 3.52. The molecule has 2 rings (SSSR count). The summed E-state index contributed by atoms with van der Waals surface area (Å²) in [6, 6.07) is 14.4. The van der Waals surface area contributed by atoms with E-state index in [1.807, 2.05) is 24.3 Å². The minimum Gasteiger partial charge on any atom is -0.489 e. The largest absolute Gasteiger partial charge is 0.489 e. The summed E-state index contributed by atoms with van der Waals surface area (Å²) in [5.74, 6) is 0.946. The van der Waals surface area contributed by atoms with Gasteiger partial charge in [-0.3, -0.25) is 0 Å². The third-order valence-electron chi connectivity index (χ3n) is 3.16. The minimum absolute atomic E-state index is 0.551. The Morgan fingerprint density at radius 3 is 2.67 bits per heavy atom. The van der Waals surface area contributed by atoms with Gasteiger partial charge in [0.25, 0.3) is 0 Å². The molecule has 110 valence electrons. The van der Waals surface area contributed by atoms with Gasteiger partial charge in [-0.1, -0.05) is 52.3 Å². The Morgan fingerprint density at radius 1 is 1.19 bits per heavy atom. The van der Waals surface area contributed by atoms with Crippen molar-refractivity contribution in [2.75, 3.05) is 13.2 Å². The summed E-state index contributed by atoms with van der Waals surface area (Å²) in [6.45, 7) is 3.22. The van der Waals surface area contributed by atoms with Crippen LogP contribution in [-0.4, -0.2) is 13.2 Å². The molecule has 0 bridgehead atoms. The number of rotatable bonds is 6. The fraction of sp³-hybridized carbons (Fsp3) is 0.222. The summed E-state index contributed by atoms with van der Waals surface area (Å²) < 4.78 is 7.00. The lowest BCUT2D eigenvalue weighted by atomic mass is 10.1. The smallest absolute Gasteiger partial charge is 0.125 e. The number of hydrogen-bond donors (Lipinski definition) is 1. The lowest BCUT2D eigenvalue weighted by Crippen LogP contribution is -2.06. The molecule has 2 N–H and O–H groups in total. The number of benzene rings is 2. The Balaban J connectivity index is 2.04. The molecule has 21 heavy (non-hydrogen) atoms. The second-order valence-electron chi connectivity index (χ2n) is 4.87. The maximum Gasteiger partial charge on any atom is 0.125 e. The molecular weight excluding hydrogens is 326 g/mol. The van der Waals surface area contributed by atoms with Crippen LogP contribution in [0.15, 0.2) is 53.0 Å². The first-order valence-electron chi connectivity index (χ1n) is 7.04. The van der Waals surface area contributed by atoms with E-state index in [9.17, 15) is 0 Å². The van der Waals surface area contributed by atoms with Gasteiger partial charge in [0, 0.05) is 4.47 Å². The highest BCUT2D eigenvalue weighted by Crippen LogP contribution is 2.28. The first-order valence-corrected chi connectivity index (χ1v) is 7.83. The Hall–Kier alpha value is -1.58. The van der Waals surface area contributed by atoms with Crippen molar-refractivity contribution in [3.63, 3.8) is 0 Å². The van der Waals surface area contributed by atoms with Crippen molar-refractivity contribution < 1.29 is 4.74 Å². The van der Waals surface area contributed by atoms with Crippen LogP contribution in [0.2, 0.25) is 0 Å². The first kappa shape index (κ1) is 15.8. The molecule has 2 nitrogen and oxygen atoms in total. The van der Waals surface area contributed by atoms with Gasteiger partial charge in [-0.25, -0.2) is 0 Å². The van der Waals surface area contributed by atoms with Gasteiger partial charge in [-0.15, -0.1) is 0 Å². The molecule has 0 fully saturated rings. The number of halogens is 1. The molecule has 0 unspecified atom stereocenters. The molecule has 0 aliphatic carbocycles. The van der Waals surface area contributed by atoms with Crippen molar-refractivity contribution in [3.8, 4) is 5.75 Å². The molecule has 0 aliphatic heterocycles. The van der Waals surface area contributed by atoms with E-state index in [4.69, 9.17) is 10.5 Å². The van der Waals surface area contributed by atoms with Gasteiger partial charge in [-0.2, -0.15) is 0 Å². The monoisotopic (exact) mass is 345 g/mol. The average molecular weight is 346 g/mol. The summed E-state index contributed by atoms with van der Waals surface area (Å²) in [5.41, 5.74) is 9.13. The topological polar surface area (TPSA) is 35.2 Å². The molecule has 0 radical (unpaired) electrons. The zero-order valence-corrected chi connectivity index (χ0v) is 13.8. The van der Waals surface area contributed by atoms with E-state index in [2.05, 4.69) is 53.2 Å². The number of aryl methyl sites for hydroxylation is 1. The van der Waals surface area contributed by atoms with Crippen LogP contribution in [0.25, 0.3) is 6.08 Å². The quantitative estimate of drug-likeness (QED) is 0.844. The van der Waals surface area contributed by atoms with Crippen molar-refractivity contribution in [2.45, 2.75) is 13.3 Å². The SMILES string of the molecule is Cc1cc(Br)cc(CCN)c1OC/C=C/c1ccccc1. The van der Waals surface area contributed by atoms with Crippen LogP contribution in [0.5, 0.6) is 5.75 Å². The van der Waals surface area contributed by atoms with Crippen molar-refractivity contribution in [1.82, 2.24) is 0 Å². The van der Waals surface area contributed by atoms with Crippen molar-refractivity contribution >= 4 is 22.0 Å². The van der Waals surface area contributed by atoms with E-state index in [1.54, 1.807) is 0 Å². The highest BCUT2D eigenvalue weighted by Gasteiger charge is 2.08. The third-order valence-corrected chi connectivity index (χ3v) is 3.62. The van der Waals surface area contributed by atoms with Gasteiger partial charge in [0.15, 0.2) is 0 Å². The Bertz CT molecular complexity index is 608. The average Bonchev–Trinajstić information content (AvgIpc) is 2.47. The normalized spacial score (nSPS) is 11.0. The predicted molar refractivity (Wildman–Crippen MR) is 92.6 cm³/mol. The van der Waals surface area contributed by atoms with Crippen LogP contribution in [0.1, 0.15) is 16.7 Å². The number of nitrogens with two attached hydrogens (primary N) is 1. The van der Waals surface area contributed by atoms with Gasteiger partial charge < -0.3 is 10.5 Å².